The molecule has 0 aliphatic heterocycles. The van der Waals surface area contributed by atoms with E-state index < -0.39 is 23.9 Å². The van der Waals surface area contributed by atoms with Crippen LogP contribution in [-0.4, -0.2) is 76.7 Å². The Morgan fingerprint density at radius 3 is 1.12 bits per heavy atom. The van der Waals surface area contributed by atoms with Crippen LogP contribution in [0.4, 0.5) is 0 Å². The molecule has 0 atom stereocenters. The predicted molar refractivity (Wildman–Crippen MR) is 159 cm³/mol. The second-order valence-corrected chi connectivity index (χ2v) is 9.77. The minimum absolute atomic E-state index is 0.0195. The van der Waals surface area contributed by atoms with Crippen molar-refractivity contribution in [1.29, 1.82) is 0 Å². The molecule has 1 aromatic carbocycles. The van der Waals surface area contributed by atoms with Gasteiger partial charge in [-0.2, -0.15) is 0 Å². The monoisotopic (exact) mass is 598 g/mol. The van der Waals surface area contributed by atoms with Crippen molar-refractivity contribution in [2.24, 2.45) is 0 Å². The first-order valence-corrected chi connectivity index (χ1v) is 15.6. The Morgan fingerprint density at radius 1 is 0.548 bits per heavy atom. The summed E-state index contributed by atoms with van der Waals surface area (Å²) in [6.07, 6.45) is 6.48. The van der Waals surface area contributed by atoms with Gasteiger partial charge in [0.05, 0.1) is 37.6 Å². The third kappa shape index (κ3) is 13.9. The van der Waals surface area contributed by atoms with Gasteiger partial charge in [0, 0.05) is 13.2 Å². The summed E-state index contributed by atoms with van der Waals surface area (Å²) in [5.74, 6) is -5.16. The number of hydrogen-bond donors (Lipinski definition) is 0. The molecule has 0 fully saturated rings. The molecule has 0 aliphatic rings. The molecule has 1 aromatic rings. The van der Waals surface area contributed by atoms with Crippen molar-refractivity contribution in [2.45, 2.75) is 105 Å². The van der Waals surface area contributed by atoms with Gasteiger partial charge in [0.1, 0.15) is 13.2 Å². The lowest BCUT2D eigenvalue weighted by Crippen LogP contribution is -2.47. The minimum Gasteiger partial charge on any atom is -0.402 e. The molecule has 1 rings (SSSR count). The lowest BCUT2D eigenvalue weighted by atomic mass is 10.1. The summed E-state index contributed by atoms with van der Waals surface area (Å²) in [5.41, 5.74) is -0.0389. The summed E-state index contributed by atoms with van der Waals surface area (Å²) in [6, 6.07) is 6.25. The Kier molecular flexibility index (Phi) is 20.3. The molecule has 0 amide bonds. The zero-order chi connectivity index (χ0) is 31.1. The van der Waals surface area contributed by atoms with Crippen molar-refractivity contribution in [3.05, 3.63) is 35.4 Å². The van der Waals surface area contributed by atoms with E-state index in [1.807, 2.05) is 41.5 Å². The van der Waals surface area contributed by atoms with Crippen molar-refractivity contribution >= 4 is 11.9 Å². The largest absolute Gasteiger partial charge is 0.402 e. The van der Waals surface area contributed by atoms with Crippen LogP contribution in [0, 0.1) is 0 Å². The van der Waals surface area contributed by atoms with Crippen LogP contribution in [0.15, 0.2) is 24.3 Å². The molecule has 242 valence electrons. The van der Waals surface area contributed by atoms with E-state index in [0.29, 0.717) is 39.6 Å². The molecule has 0 N–H and O–H groups in total. The maximum Gasteiger partial charge on any atom is 0.354 e. The summed E-state index contributed by atoms with van der Waals surface area (Å²) < 4.78 is 46.9. The number of carbonyl (C=O) groups excluding carboxylic acids is 2. The summed E-state index contributed by atoms with van der Waals surface area (Å²) in [6.45, 7) is 13.5. The standard InChI is InChI=1S/C32H54O10/c1-7-13-21-37-31(25-35-11-5,38-22-14-8-2)41-29(33)27-19-17-18-20-28(27)30(34)42-32(26-36-12-6,39-23-15-9-3)40-24-16-10-4/h17-20H,7-16,21-26H2,1-6H3. The Balaban J connectivity index is 3.34. The zero-order valence-corrected chi connectivity index (χ0v) is 26.7. The van der Waals surface area contributed by atoms with Gasteiger partial charge in [-0.15, -0.1) is 0 Å². The van der Waals surface area contributed by atoms with Gasteiger partial charge in [-0.05, 0) is 51.7 Å². The Labute approximate surface area is 252 Å². The molecule has 0 aromatic heterocycles. The topological polar surface area (TPSA) is 108 Å². The molecular formula is C32H54O10. The van der Waals surface area contributed by atoms with Crippen LogP contribution in [-0.2, 0) is 37.9 Å². The molecule has 0 unspecified atom stereocenters. The van der Waals surface area contributed by atoms with E-state index in [2.05, 4.69) is 0 Å². The second-order valence-electron chi connectivity index (χ2n) is 9.77. The lowest BCUT2D eigenvalue weighted by molar-refractivity contribution is -0.372. The van der Waals surface area contributed by atoms with Gasteiger partial charge in [-0.25, -0.2) is 9.59 Å². The van der Waals surface area contributed by atoms with Crippen molar-refractivity contribution in [3.63, 3.8) is 0 Å². The Bertz CT molecular complexity index is 770. The lowest BCUT2D eigenvalue weighted by Gasteiger charge is -2.33. The summed E-state index contributed by atoms with van der Waals surface area (Å²) in [7, 11) is 0. The van der Waals surface area contributed by atoms with Gasteiger partial charge in [-0.3, -0.25) is 0 Å². The third-order valence-corrected chi connectivity index (χ3v) is 6.11. The van der Waals surface area contributed by atoms with Crippen LogP contribution in [0.25, 0.3) is 0 Å². The minimum atomic E-state index is -1.76. The number of carbonyl (C=O) groups is 2. The van der Waals surface area contributed by atoms with Crippen LogP contribution in [0.2, 0.25) is 0 Å². The van der Waals surface area contributed by atoms with E-state index in [-0.39, 0.29) is 24.3 Å². The summed E-state index contributed by atoms with van der Waals surface area (Å²) >= 11 is 0. The first-order chi connectivity index (χ1) is 20.4. The molecule has 10 heteroatoms. The van der Waals surface area contributed by atoms with Crippen LogP contribution < -0.4 is 0 Å². The van der Waals surface area contributed by atoms with E-state index in [0.717, 1.165) is 51.4 Å². The number of unbranched alkanes of at least 4 members (excludes halogenated alkanes) is 4. The fourth-order valence-electron chi connectivity index (χ4n) is 3.60. The van der Waals surface area contributed by atoms with Gasteiger partial charge < -0.3 is 37.9 Å². The van der Waals surface area contributed by atoms with E-state index in [1.165, 1.54) is 12.1 Å². The average molecular weight is 599 g/mol. The third-order valence-electron chi connectivity index (χ3n) is 6.11. The SMILES string of the molecule is CCCCOC(COCC)(OCCCC)OC(=O)c1ccccc1C(=O)OC(COCC)(OCCCC)OCCCC. The van der Waals surface area contributed by atoms with Crippen LogP contribution in [0.5, 0.6) is 0 Å². The van der Waals surface area contributed by atoms with Crippen molar-refractivity contribution in [3.8, 4) is 0 Å². The van der Waals surface area contributed by atoms with Gasteiger partial charge in [-0.1, -0.05) is 65.5 Å². The molecule has 0 saturated carbocycles. The fraction of sp³-hybridized carbons (Fsp3) is 0.750. The molecule has 0 spiro atoms. The molecule has 0 radical (unpaired) electrons. The van der Waals surface area contributed by atoms with Gasteiger partial charge in [0.25, 0.3) is 0 Å². The van der Waals surface area contributed by atoms with E-state index in [4.69, 9.17) is 37.9 Å². The summed E-state index contributed by atoms with van der Waals surface area (Å²) in [5, 5.41) is 0. The predicted octanol–water partition coefficient (Wildman–Crippen LogP) is 6.65. The number of esters is 2. The van der Waals surface area contributed by atoms with Gasteiger partial charge in [0.15, 0.2) is 0 Å². The molecule has 10 nitrogen and oxygen atoms in total. The quantitative estimate of drug-likeness (QED) is 0.0653. The van der Waals surface area contributed by atoms with Crippen molar-refractivity contribution < 1.29 is 47.5 Å². The van der Waals surface area contributed by atoms with Crippen molar-refractivity contribution in [2.75, 3.05) is 52.9 Å². The first kappa shape index (κ1) is 37.9. The highest BCUT2D eigenvalue weighted by Gasteiger charge is 2.41. The molecule has 0 aliphatic carbocycles. The molecule has 0 heterocycles. The highest BCUT2D eigenvalue weighted by Crippen LogP contribution is 2.25. The normalized spacial score (nSPS) is 12.0. The number of benzene rings is 1. The molecular weight excluding hydrogens is 544 g/mol. The van der Waals surface area contributed by atoms with Gasteiger partial charge >= 0.3 is 23.9 Å². The summed E-state index contributed by atoms with van der Waals surface area (Å²) in [4.78, 5) is 27.3. The molecule has 0 bridgehead atoms. The highest BCUT2D eigenvalue weighted by atomic mass is 16.9. The van der Waals surface area contributed by atoms with E-state index in [9.17, 15) is 9.59 Å². The average Bonchev–Trinajstić information content (AvgIpc) is 2.99. The maximum atomic E-state index is 13.6. The Hall–Kier alpha value is -2.08. The zero-order valence-electron chi connectivity index (χ0n) is 26.7. The van der Waals surface area contributed by atoms with Crippen LogP contribution >= 0.6 is 0 Å². The first-order valence-electron chi connectivity index (χ1n) is 15.6. The van der Waals surface area contributed by atoms with E-state index in [1.54, 1.807) is 12.1 Å². The van der Waals surface area contributed by atoms with E-state index >= 15 is 0 Å². The smallest absolute Gasteiger partial charge is 0.354 e. The Morgan fingerprint density at radius 2 is 0.857 bits per heavy atom. The number of ether oxygens (including phenoxy) is 8. The second kappa shape index (κ2) is 22.5. The maximum absolute atomic E-state index is 13.6. The highest BCUT2D eigenvalue weighted by molar-refractivity contribution is 6.03. The molecule has 42 heavy (non-hydrogen) atoms. The van der Waals surface area contributed by atoms with Crippen LogP contribution in [0.1, 0.15) is 114 Å². The number of rotatable bonds is 26. The van der Waals surface area contributed by atoms with Crippen molar-refractivity contribution in [1.82, 2.24) is 0 Å². The molecule has 0 saturated heterocycles. The van der Waals surface area contributed by atoms with Gasteiger partial charge in [0.2, 0.25) is 0 Å². The fourth-order valence-corrected chi connectivity index (χ4v) is 3.60. The number of hydrogen-bond acceptors (Lipinski definition) is 10. The van der Waals surface area contributed by atoms with Crippen LogP contribution in [0.3, 0.4) is 0 Å².